The van der Waals surface area contributed by atoms with Gasteiger partial charge in [0.05, 0.1) is 5.56 Å². The number of hydrogen-bond donors (Lipinski definition) is 0. The van der Waals surface area contributed by atoms with Gasteiger partial charge in [0.2, 0.25) is 0 Å². The summed E-state index contributed by atoms with van der Waals surface area (Å²) in [6.07, 6.45) is 1.68. The SMILES string of the molecule is CC(C)(Oc1ccc(Cl)cc1)C(=O)N1CCN(c2ncccc2C#N)CC1. The molecule has 0 unspecified atom stereocenters. The van der Waals surface area contributed by atoms with Gasteiger partial charge in [-0.15, -0.1) is 0 Å². The van der Waals surface area contributed by atoms with Crippen molar-refractivity contribution in [3.63, 3.8) is 0 Å². The lowest BCUT2D eigenvalue weighted by atomic mass is 10.1. The zero-order chi connectivity index (χ0) is 19.4. The number of pyridine rings is 1. The van der Waals surface area contributed by atoms with Crippen molar-refractivity contribution in [2.24, 2.45) is 0 Å². The molecule has 1 fully saturated rings. The monoisotopic (exact) mass is 384 g/mol. The van der Waals surface area contributed by atoms with Crippen LogP contribution < -0.4 is 9.64 Å². The minimum absolute atomic E-state index is 0.0707. The summed E-state index contributed by atoms with van der Waals surface area (Å²) in [5, 5.41) is 9.87. The van der Waals surface area contributed by atoms with Crippen LogP contribution >= 0.6 is 11.6 Å². The van der Waals surface area contributed by atoms with Gasteiger partial charge in [0.1, 0.15) is 17.6 Å². The Labute approximate surface area is 163 Å². The van der Waals surface area contributed by atoms with Crippen molar-refractivity contribution < 1.29 is 9.53 Å². The van der Waals surface area contributed by atoms with Crippen molar-refractivity contribution in [2.75, 3.05) is 31.1 Å². The second-order valence-corrected chi connectivity index (χ2v) is 7.27. The first-order valence-electron chi connectivity index (χ1n) is 8.75. The maximum absolute atomic E-state index is 12.9. The fourth-order valence-corrected chi connectivity index (χ4v) is 3.21. The Morgan fingerprint density at radius 2 is 1.85 bits per heavy atom. The number of ether oxygens (including phenoxy) is 1. The number of carbonyl (C=O) groups excluding carboxylic acids is 1. The molecule has 6 nitrogen and oxygen atoms in total. The van der Waals surface area contributed by atoms with E-state index < -0.39 is 5.60 Å². The van der Waals surface area contributed by atoms with Crippen LogP contribution in [0.5, 0.6) is 5.75 Å². The molecule has 0 N–H and O–H groups in total. The van der Waals surface area contributed by atoms with Crippen LogP contribution in [-0.4, -0.2) is 47.6 Å². The number of aromatic nitrogens is 1. The van der Waals surface area contributed by atoms with E-state index in [4.69, 9.17) is 16.3 Å². The largest absolute Gasteiger partial charge is 0.478 e. The summed E-state index contributed by atoms with van der Waals surface area (Å²) in [5.74, 6) is 1.20. The van der Waals surface area contributed by atoms with Crippen LogP contribution in [-0.2, 0) is 4.79 Å². The van der Waals surface area contributed by atoms with Gasteiger partial charge in [-0.2, -0.15) is 5.26 Å². The van der Waals surface area contributed by atoms with E-state index in [0.29, 0.717) is 48.3 Å². The van der Waals surface area contributed by atoms with Gasteiger partial charge in [0, 0.05) is 37.4 Å². The molecule has 27 heavy (non-hydrogen) atoms. The molecule has 1 amide bonds. The number of anilines is 1. The predicted octanol–water partition coefficient (Wildman–Crippen LogP) is 3.11. The highest BCUT2D eigenvalue weighted by Crippen LogP contribution is 2.24. The van der Waals surface area contributed by atoms with Crippen molar-refractivity contribution >= 4 is 23.3 Å². The molecule has 1 aliphatic rings. The van der Waals surface area contributed by atoms with E-state index in [1.54, 1.807) is 61.3 Å². The quantitative estimate of drug-likeness (QED) is 0.810. The molecule has 1 aromatic carbocycles. The maximum atomic E-state index is 12.9. The Kier molecular flexibility index (Phi) is 5.52. The van der Waals surface area contributed by atoms with Crippen LogP contribution in [0.1, 0.15) is 19.4 Å². The highest BCUT2D eigenvalue weighted by Gasteiger charge is 2.36. The molecule has 2 aromatic rings. The molecule has 0 saturated carbocycles. The fourth-order valence-electron chi connectivity index (χ4n) is 3.08. The number of carbonyl (C=O) groups is 1. The van der Waals surface area contributed by atoms with Gasteiger partial charge in [0.25, 0.3) is 5.91 Å². The number of hydrogen-bond acceptors (Lipinski definition) is 5. The van der Waals surface area contributed by atoms with E-state index >= 15 is 0 Å². The Hall–Kier alpha value is -2.78. The number of nitrogens with zero attached hydrogens (tertiary/aromatic N) is 4. The van der Waals surface area contributed by atoms with Gasteiger partial charge in [-0.25, -0.2) is 4.98 Å². The molecular formula is C20H21ClN4O2. The Morgan fingerprint density at radius 3 is 2.48 bits per heavy atom. The molecule has 0 atom stereocenters. The van der Waals surface area contributed by atoms with Crippen LogP contribution in [0.4, 0.5) is 5.82 Å². The number of amides is 1. The smallest absolute Gasteiger partial charge is 0.266 e. The molecule has 1 aromatic heterocycles. The molecular weight excluding hydrogens is 364 g/mol. The molecule has 3 rings (SSSR count). The van der Waals surface area contributed by atoms with Crippen molar-refractivity contribution in [2.45, 2.75) is 19.4 Å². The molecule has 0 aliphatic carbocycles. The lowest BCUT2D eigenvalue weighted by Gasteiger charge is -2.39. The van der Waals surface area contributed by atoms with Gasteiger partial charge in [-0.3, -0.25) is 4.79 Å². The summed E-state index contributed by atoms with van der Waals surface area (Å²) in [6, 6.07) is 12.6. The molecule has 1 saturated heterocycles. The molecule has 7 heteroatoms. The minimum Gasteiger partial charge on any atom is -0.478 e. The van der Waals surface area contributed by atoms with Crippen LogP contribution in [0.3, 0.4) is 0 Å². The summed E-state index contributed by atoms with van der Waals surface area (Å²) in [7, 11) is 0. The van der Waals surface area contributed by atoms with Crippen LogP contribution in [0.25, 0.3) is 0 Å². The summed E-state index contributed by atoms with van der Waals surface area (Å²) in [6.45, 7) is 5.87. The first kappa shape index (κ1) is 19.0. The Morgan fingerprint density at radius 1 is 1.19 bits per heavy atom. The van der Waals surface area contributed by atoms with Gasteiger partial charge >= 0.3 is 0 Å². The molecule has 0 radical (unpaired) electrons. The van der Waals surface area contributed by atoms with Crippen molar-refractivity contribution in [3.8, 4) is 11.8 Å². The van der Waals surface area contributed by atoms with Crippen LogP contribution in [0, 0.1) is 11.3 Å². The standard InChI is InChI=1S/C20H21ClN4O2/c1-20(2,27-17-7-5-16(21)6-8-17)19(26)25-12-10-24(11-13-25)18-15(14-22)4-3-9-23-18/h3-9H,10-13H2,1-2H3. The zero-order valence-corrected chi connectivity index (χ0v) is 16.1. The van der Waals surface area contributed by atoms with Crippen molar-refractivity contribution in [3.05, 3.63) is 53.2 Å². The average molecular weight is 385 g/mol. The summed E-state index contributed by atoms with van der Waals surface area (Å²) in [4.78, 5) is 21.1. The van der Waals surface area contributed by atoms with Gasteiger partial charge in [-0.1, -0.05) is 11.6 Å². The third-order valence-electron chi connectivity index (χ3n) is 4.48. The summed E-state index contributed by atoms with van der Waals surface area (Å²) >= 11 is 5.89. The fraction of sp³-hybridized carbons (Fsp3) is 0.350. The highest BCUT2D eigenvalue weighted by atomic mass is 35.5. The molecule has 0 bridgehead atoms. The maximum Gasteiger partial charge on any atom is 0.266 e. The van der Waals surface area contributed by atoms with Gasteiger partial charge < -0.3 is 14.5 Å². The van der Waals surface area contributed by atoms with E-state index in [9.17, 15) is 10.1 Å². The third-order valence-corrected chi connectivity index (χ3v) is 4.73. The second-order valence-electron chi connectivity index (χ2n) is 6.83. The number of rotatable bonds is 4. The van der Waals surface area contributed by atoms with Gasteiger partial charge in [-0.05, 0) is 50.2 Å². The Balaban J connectivity index is 1.63. The molecule has 1 aliphatic heterocycles. The minimum atomic E-state index is -0.987. The number of piperazine rings is 1. The van der Waals surface area contributed by atoms with E-state index in [-0.39, 0.29) is 5.91 Å². The molecule has 0 spiro atoms. The average Bonchev–Trinajstić information content (AvgIpc) is 2.69. The lowest BCUT2D eigenvalue weighted by Crippen LogP contribution is -2.56. The normalized spacial score (nSPS) is 14.6. The van der Waals surface area contributed by atoms with Crippen LogP contribution in [0.15, 0.2) is 42.6 Å². The van der Waals surface area contributed by atoms with Crippen LogP contribution in [0.2, 0.25) is 5.02 Å². The van der Waals surface area contributed by atoms with E-state index in [1.165, 1.54) is 0 Å². The Bertz CT molecular complexity index is 853. The van der Waals surface area contributed by atoms with Crippen molar-refractivity contribution in [1.82, 2.24) is 9.88 Å². The second kappa shape index (κ2) is 7.85. The topological polar surface area (TPSA) is 69.5 Å². The van der Waals surface area contributed by atoms with E-state index in [0.717, 1.165) is 0 Å². The molecule has 140 valence electrons. The summed E-state index contributed by atoms with van der Waals surface area (Å²) in [5.41, 5.74) is -0.442. The number of halogens is 1. The van der Waals surface area contributed by atoms with Gasteiger partial charge in [0.15, 0.2) is 5.60 Å². The van der Waals surface area contributed by atoms with Crippen molar-refractivity contribution in [1.29, 1.82) is 5.26 Å². The summed E-state index contributed by atoms with van der Waals surface area (Å²) < 4.78 is 5.90. The first-order valence-corrected chi connectivity index (χ1v) is 9.12. The highest BCUT2D eigenvalue weighted by molar-refractivity contribution is 6.30. The first-order chi connectivity index (χ1) is 12.9. The molecule has 2 heterocycles. The van der Waals surface area contributed by atoms with E-state index in [2.05, 4.69) is 11.1 Å². The zero-order valence-electron chi connectivity index (χ0n) is 15.4. The number of benzene rings is 1. The lowest BCUT2D eigenvalue weighted by molar-refractivity contribution is -0.145. The third kappa shape index (κ3) is 4.32. The van der Waals surface area contributed by atoms with E-state index in [1.807, 2.05) is 4.90 Å². The number of nitriles is 1. The predicted molar refractivity (Wildman–Crippen MR) is 104 cm³/mol.